The lowest BCUT2D eigenvalue weighted by atomic mass is 9.87. The van der Waals surface area contributed by atoms with Crippen LogP contribution in [0.25, 0.3) is 0 Å². The number of likely N-dealkylation sites (N-methyl/N-ethyl adjacent to an activating group) is 1. The quantitative estimate of drug-likeness (QED) is 0.658. The molecule has 2 N–H and O–H groups in total. The maximum Gasteiger partial charge on any atom is 0.314 e. The zero-order valence-electron chi connectivity index (χ0n) is 15.4. The molecule has 1 aromatic rings. The average molecular weight is 400 g/mol. The van der Waals surface area contributed by atoms with Gasteiger partial charge in [0.2, 0.25) is 0 Å². The highest BCUT2D eigenvalue weighted by atomic mass is 79.9. The highest BCUT2D eigenvalue weighted by Crippen LogP contribution is 2.31. The van der Waals surface area contributed by atoms with Crippen molar-refractivity contribution in [3.8, 4) is 5.75 Å². The van der Waals surface area contributed by atoms with Crippen LogP contribution < -0.4 is 15.4 Å². The smallest absolute Gasteiger partial charge is 0.314 e. The summed E-state index contributed by atoms with van der Waals surface area (Å²) in [6, 6.07) is 6.06. The number of ether oxygens (including phenoxy) is 1. The van der Waals surface area contributed by atoms with E-state index in [4.69, 9.17) is 4.74 Å². The van der Waals surface area contributed by atoms with Crippen LogP contribution in [0.4, 0.5) is 4.79 Å². The van der Waals surface area contributed by atoms with Crippen molar-refractivity contribution < 1.29 is 9.53 Å². The van der Waals surface area contributed by atoms with Crippen molar-refractivity contribution in [3.05, 3.63) is 28.2 Å². The Balaban J connectivity index is 2.25. The van der Waals surface area contributed by atoms with Crippen LogP contribution in [0.3, 0.4) is 0 Å². The van der Waals surface area contributed by atoms with Crippen LogP contribution in [0.5, 0.6) is 5.75 Å². The fourth-order valence-corrected chi connectivity index (χ4v) is 2.49. The number of hydrogen-bond donors (Lipinski definition) is 2. The molecule has 0 saturated carbocycles. The molecular formula is C18H30BrN3O2. The number of hydrogen-bond acceptors (Lipinski definition) is 3. The molecule has 24 heavy (non-hydrogen) atoms. The van der Waals surface area contributed by atoms with Crippen LogP contribution in [0, 0.1) is 0 Å². The predicted octanol–water partition coefficient (Wildman–Crippen LogP) is 3.38. The minimum Gasteiger partial charge on any atom is -0.492 e. The molecule has 0 aromatic heterocycles. The SMILES string of the molecule is CN(C)CCNC(=O)NCCCOc1ccc(C(C)(C)C)cc1Br. The minimum atomic E-state index is -0.132. The molecule has 0 spiro atoms. The first-order chi connectivity index (χ1) is 11.2. The first-order valence-corrected chi connectivity index (χ1v) is 9.08. The Bertz CT molecular complexity index is 527. The van der Waals surface area contributed by atoms with Crippen LogP contribution in [0.1, 0.15) is 32.8 Å². The van der Waals surface area contributed by atoms with E-state index in [0.29, 0.717) is 19.7 Å². The van der Waals surface area contributed by atoms with E-state index in [2.05, 4.69) is 59.5 Å². The summed E-state index contributed by atoms with van der Waals surface area (Å²) in [6.07, 6.45) is 0.758. The van der Waals surface area contributed by atoms with Gasteiger partial charge in [0.15, 0.2) is 0 Å². The van der Waals surface area contributed by atoms with Crippen molar-refractivity contribution in [2.24, 2.45) is 0 Å². The highest BCUT2D eigenvalue weighted by Gasteiger charge is 2.15. The Hall–Kier alpha value is -1.27. The largest absolute Gasteiger partial charge is 0.492 e. The topological polar surface area (TPSA) is 53.6 Å². The summed E-state index contributed by atoms with van der Waals surface area (Å²) in [7, 11) is 3.95. The number of nitrogens with one attached hydrogen (secondary N) is 2. The summed E-state index contributed by atoms with van der Waals surface area (Å²) in [5.74, 6) is 0.832. The van der Waals surface area contributed by atoms with Gasteiger partial charge in [-0.15, -0.1) is 0 Å². The lowest BCUT2D eigenvalue weighted by molar-refractivity contribution is 0.237. The third kappa shape index (κ3) is 8.02. The molecule has 0 aliphatic carbocycles. The Morgan fingerprint density at radius 1 is 1.21 bits per heavy atom. The summed E-state index contributed by atoms with van der Waals surface area (Å²) in [5.41, 5.74) is 1.38. The van der Waals surface area contributed by atoms with Gasteiger partial charge in [-0.25, -0.2) is 4.79 Å². The lowest BCUT2D eigenvalue weighted by Gasteiger charge is -2.20. The molecule has 0 aliphatic rings. The third-order valence-electron chi connectivity index (χ3n) is 3.51. The normalized spacial score (nSPS) is 11.5. The van der Waals surface area contributed by atoms with Gasteiger partial charge in [0.1, 0.15) is 5.75 Å². The molecule has 5 nitrogen and oxygen atoms in total. The van der Waals surface area contributed by atoms with Gasteiger partial charge in [-0.2, -0.15) is 0 Å². The monoisotopic (exact) mass is 399 g/mol. The molecule has 0 bridgehead atoms. The van der Waals surface area contributed by atoms with Crippen LogP contribution >= 0.6 is 15.9 Å². The second kappa shape index (κ2) is 9.89. The van der Waals surface area contributed by atoms with Crippen molar-refractivity contribution in [3.63, 3.8) is 0 Å². The highest BCUT2D eigenvalue weighted by molar-refractivity contribution is 9.10. The van der Waals surface area contributed by atoms with Crippen molar-refractivity contribution in [1.82, 2.24) is 15.5 Å². The lowest BCUT2D eigenvalue weighted by Crippen LogP contribution is -2.39. The molecule has 0 saturated heterocycles. The second-order valence-corrected chi connectivity index (χ2v) is 7.94. The Morgan fingerprint density at radius 2 is 1.88 bits per heavy atom. The van der Waals surface area contributed by atoms with E-state index in [1.165, 1.54) is 5.56 Å². The van der Waals surface area contributed by atoms with Gasteiger partial charge in [-0.05, 0) is 59.6 Å². The van der Waals surface area contributed by atoms with E-state index in [1.54, 1.807) is 0 Å². The van der Waals surface area contributed by atoms with E-state index in [1.807, 2.05) is 25.1 Å². The predicted molar refractivity (Wildman–Crippen MR) is 103 cm³/mol. The molecule has 0 atom stereocenters. The van der Waals surface area contributed by atoms with Gasteiger partial charge >= 0.3 is 6.03 Å². The molecule has 0 radical (unpaired) electrons. The maximum atomic E-state index is 11.6. The first-order valence-electron chi connectivity index (χ1n) is 8.29. The van der Waals surface area contributed by atoms with Crippen molar-refractivity contribution in [2.75, 3.05) is 40.3 Å². The molecule has 0 unspecified atom stereocenters. The van der Waals surface area contributed by atoms with Gasteiger partial charge in [0, 0.05) is 19.6 Å². The molecule has 1 rings (SSSR count). The third-order valence-corrected chi connectivity index (χ3v) is 4.13. The van der Waals surface area contributed by atoms with E-state index in [0.717, 1.165) is 23.2 Å². The molecule has 0 fully saturated rings. The number of halogens is 1. The molecule has 1 aromatic carbocycles. The van der Waals surface area contributed by atoms with Gasteiger partial charge in [0.25, 0.3) is 0 Å². The van der Waals surface area contributed by atoms with Crippen molar-refractivity contribution >= 4 is 22.0 Å². The molecule has 136 valence electrons. The van der Waals surface area contributed by atoms with E-state index >= 15 is 0 Å². The number of carbonyl (C=O) groups is 1. The summed E-state index contributed by atoms with van der Waals surface area (Å²) in [4.78, 5) is 13.6. The molecule has 6 heteroatoms. The Morgan fingerprint density at radius 3 is 2.46 bits per heavy atom. The minimum absolute atomic E-state index is 0.116. The zero-order chi connectivity index (χ0) is 18.2. The summed E-state index contributed by atoms with van der Waals surface area (Å²) in [5, 5.41) is 5.64. The van der Waals surface area contributed by atoms with Gasteiger partial charge in [-0.3, -0.25) is 0 Å². The molecular weight excluding hydrogens is 370 g/mol. The fourth-order valence-electron chi connectivity index (χ4n) is 2.00. The van der Waals surface area contributed by atoms with Gasteiger partial charge in [-0.1, -0.05) is 26.8 Å². The van der Waals surface area contributed by atoms with Crippen LogP contribution in [0.2, 0.25) is 0 Å². The van der Waals surface area contributed by atoms with Crippen LogP contribution in [0.15, 0.2) is 22.7 Å². The van der Waals surface area contributed by atoms with E-state index in [9.17, 15) is 4.79 Å². The number of carbonyl (C=O) groups excluding carboxylic acids is 1. The first kappa shape index (κ1) is 20.8. The standard InChI is InChI=1S/C18H30BrN3O2/c1-18(2,3)14-7-8-16(15(19)13-14)24-12-6-9-20-17(23)21-10-11-22(4)5/h7-8,13H,6,9-12H2,1-5H3,(H2,20,21,23). The van der Waals surface area contributed by atoms with E-state index in [-0.39, 0.29) is 11.4 Å². The molecule has 0 heterocycles. The maximum absolute atomic E-state index is 11.6. The Labute approximate surface area is 154 Å². The second-order valence-electron chi connectivity index (χ2n) is 7.08. The summed E-state index contributed by atoms with van der Waals surface area (Å²) in [6.45, 7) is 9.17. The summed E-state index contributed by atoms with van der Waals surface area (Å²) >= 11 is 3.56. The number of urea groups is 1. The molecule has 0 aliphatic heterocycles. The van der Waals surface area contributed by atoms with E-state index < -0.39 is 0 Å². The number of rotatable bonds is 8. The number of amides is 2. The summed E-state index contributed by atoms with van der Waals surface area (Å²) < 4.78 is 6.74. The molecule has 2 amide bonds. The van der Waals surface area contributed by atoms with Gasteiger partial charge in [0.05, 0.1) is 11.1 Å². The van der Waals surface area contributed by atoms with Crippen LogP contribution in [-0.2, 0) is 5.41 Å². The fraction of sp³-hybridized carbons (Fsp3) is 0.611. The average Bonchev–Trinajstić information content (AvgIpc) is 2.46. The van der Waals surface area contributed by atoms with Crippen molar-refractivity contribution in [2.45, 2.75) is 32.6 Å². The Kier molecular flexibility index (Phi) is 8.56. The number of nitrogens with zero attached hydrogens (tertiary/aromatic N) is 1. The van der Waals surface area contributed by atoms with Gasteiger partial charge < -0.3 is 20.3 Å². The zero-order valence-corrected chi connectivity index (χ0v) is 17.0. The number of benzene rings is 1. The van der Waals surface area contributed by atoms with Crippen LogP contribution in [-0.4, -0.2) is 51.3 Å². The van der Waals surface area contributed by atoms with Crippen molar-refractivity contribution in [1.29, 1.82) is 0 Å².